The quantitative estimate of drug-likeness (QED) is 0.831. The van der Waals surface area contributed by atoms with E-state index in [4.69, 9.17) is 0 Å². The van der Waals surface area contributed by atoms with Crippen molar-refractivity contribution in [3.63, 3.8) is 0 Å². The third-order valence-corrected chi connectivity index (χ3v) is 6.25. The second-order valence-electron chi connectivity index (χ2n) is 8.29. The number of anilines is 1. The van der Waals surface area contributed by atoms with Gasteiger partial charge >= 0.3 is 0 Å². The Bertz CT molecular complexity index is 805. The normalized spacial score (nSPS) is 15.5. The van der Waals surface area contributed by atoms with Gasteiger partial charge < -0.3 is 10.2 Å². The van der Waals surface area contributed by atoms with Crippen molar-refractivity contribution < 1.29 is 9.59 Å². The number of piperidine rings is 1. The van der Waals surface area contributed by atoms with Crippen molar-refractivity contribution in [1.29, 1.82) is 0 Å². The van der Waals surface area contributed by atoms with E-state index in [1.54, 1.807) is 0 Å². The summed E-state index contributed by atoms with van der Waals surface area (Å²) in [5.74, 6) is 0.0646. The predicted molar refractivity (Wildman–Crippen MR) is 111 cm³/mol. The number of hydrogen-bond acceptors (Lipinski definition) is 5. The van der Waals surface area contributed by atoms with E-state index >= 15 is 0 Å². The van der Waals surface area contributed by atoms with Gasteiger partial charge in [0, 0.05) is 30.8 Å². The van der Waals surface area contributed by atoms with Gasteiger partial charge in [0.15, 0.2) is 0 Å². The highest BCUT2D eigenvalue weighted by atomic mass is 32.1. The minimum Gasteiger partial charge on any atom is -0.343 e. The molecule has 0 saturated carbocycles. The molecule has 6 nitrogen and oxygen atoms in total. The van der Waals surface area contributed by atoms with Crippen LogP contribution in [-0.4, -0.2) is 40.0 Å². The Labute approximate surface area is 170 Å². The standard InChI is InChI=1S/C21H28N4O2S/c1-21(2,3)19-23-24-20(28-19)22-18(27)16-11-13-25(14-12-16)17(26)10-9-15-7-5-4-6-8-15/h4-8,16H,9-14H2,1-3H3,(H,22,24,27). The molecule has 0 bridgehead atoms. The van der Waals surface area contributed by atoms with Crippen molar-refractivity contribution >= 4 is 28.3 Å². The lowest BCUT2D eigenvalue weighted by atomic mass is 9.95. The molecule has 0 unspecified atom stereocenters. The van der Waals surface area contributed by atoms with Gasteiger partial charge in [-0.15, -0.1) is 10.2 Å². The number of nitrogens with zero attached hydrogens (tertiary/aromatic N) is 3. The lowest BCUT2D eigenvalue weighted by molar-refractivity contribution is -0.134. The number of aromatic nitrogens is 2. The smallest absolute Gasteiger partial charge is 0.229 e. The highest BCUT2D eigenvalue weighted by Crippen LogP contribution is 2.28. The second kappa shape index (κ2) is 8.82. The molecule has 1 aliphatic heterocycles. The van der Waals surface area contributed by atoms with E-state index in [1.807, 2.05) is 35.2 Å². The first-order valence-corrected chi connectivity index (χ1v) is 10.6. The molecule has 1 saturated heterocycles. The molecule has 2 amide bonds. The molecule has 7 heteroatoms. The van der Waals surface area contributed by atoms with Gasteiger partial charge in [-0.3, -0.25) is 9.59 Å². The van der Waals surface area contributed by atoms with E-state index in [-0.39, 0.29) is 23.1 Å². The highest BCUT2D eigenvalue weighted by Gasteiger charge is 2.28. The summed E-state index contributed by atoms with van der Waals surface area (Å²) in [4.78, 5) is 26.9. The zero-order valence-electron chi connectivity index (χ0n) is 16.8. The molecule has 2 aromatic rings. The molecule has 1 aromatic carbocycles. The fourth-order valence-electron chi connectivity index (χ4n) is 3.23. The molecule has 2 heterocycles. The summed E-state index contributed by atoms with van der Waals surface area (Å²) in [6.45, 7) is 7.49. The lowest BCUT2D eigenvalue weighted by Crippen LogP contribution is -2.41. The van der Waals surface area contributed by atoms with Crippen molar-refractivity contribution in [3.05, 3.63) is 40.9 Å². The summed E-state index contributed by atoms with van der Waals surface area (Å²) in [5.41, 5.74) is 1.10. The molecule has 0 radical (unpaired) electrons. The third kappa shape index (κ3) is 5.38. The van der Waals surface area contributed by atoms with Gasteiger partial charge in [-0.25, -0.2) is 0 Å². The van der Waals surface area contributed by atoms with E-state index < -0.39 is 0 Å². The topological polar surface area (TPSA) is 75.2 Å². The van der Waals surface area contributed by atoms with E-state index in [1.165, 1.54) is 16.9 Å². The number of rotatable bonds is 5. The van der Waals surface area contributed by atoms with Gasteiger partial charge in [0.25, 0.3) is 0 Å². The zero-order chi connectivity index (χ0) is 20.1. The number of benzene rings is 1. The van der Waals surface area contributed by atoms with Crippen LogP contribution in [0.5, 0.6) is 0 Å². The average molecular weight is 401 g/mol. The Kier molecular flexibility index (Phi) is 6.44. The van der Waals surface area contributed by atoms with E-state index in [0.717, 1.165) is 11.4 Å². The molecular formula is C21H28N4O2S. The fraction of sp³-hybridized carbons (Fsp3) is 0.524. The number of hydrogen-bond donors (Lipinski definition) is 1. The lowest BCUT2D eigenvalue weighted by Gasteiger charge is -2.31. The Morgan fingerprint density at radius 2 is 1.82 bits per heavy atom. The summed E-state index contributed by atoms with van der Waals surface area (Å²) in [6.07, 6.45) is 2.65. The molecule has 1 N–H and O–H groups in total. The molecule has 1 aliphatic rings. The predicted octanol–water partition coefficient (Wildman–Crippen LogP) is 3.65. The first-order chi connectivity index (χ1) is 13.3. The Balaban J connectivity index is 1.44. The van der Waals surface area contributed by atoms with Crippen LogP contribution >= 0.6 is 11.3 Å². The summed E-state index contributed by atoms with van der Waals surface area (Å²) in [7, 11) is 0. The van der Waals surface area contributed by atoms with Gasteiger partial charge in [-0.1, -0.05) is 62.4 Å². The summed E-state index contributed by atoms with van der Waals surface area (Å²) >= 11 is 1.42. The molecule has 0 spiro atoms. The average Bonchev–Trinajstić information content (AvgIpc) is 3.16. The van der Waals surface area contributed by atoms with Crippen molar-refractivity contribution in [2.24, 2.45) is 5.92 Å². The van der Waals surface area contributed by atoms with Gasteiger partial charge in [-0.2, -0.15) is 0 Å². The molecule has 28 heavy (non-hydrogen) atoms. The zero-order valence-corrected chi connectivity index (χ0v) is 17.6. The monoisotopic (exact) mass is 400 g/mol. The molecule has 1 aromatic heterocycles. The van der Waals surface area contributed by atoms with Crippen LogP contribution in [0.3, 0.4) is 0 Å². The first kappa shape index (κ1) is 20.5. The van der Waals surface area contributed by atoms with Crippen LogP contribution in [-0.2, 0) is 21.4 Å². The number of amides is 2. The Morgan fingerprint density at radius 1 is 1.14 bits per heavy atom. The van der Waals surface area contributed by atoms with Gasteiger partial charge in [0.05, 0.1) is 0 Å². The number of nitrogens with one attached hydrogen (secondary N) is 1. The minimum absolute atomic E-state index is 0.0204. The molecule has 1 fully saturated rings. The van der Waals surface area contributed by atoms with E-state index in [0.29, 0.717) is 37.5 Å². The summed E-state index contributed by atoms with van der Waals surface area (Å²) in [6, 6.07) is 10.1. The minimum atomic E-state index is -0.0832. The first-order valence-electron chi connectivity index (χ1n) is 9.79. The van der Waals surface area contributed by atoms with Crippen LogP contribution in [0.15, 0.2) is 30.3 Å². The number of likely N-dealkylation sites (tertiary alicyclic amines) is 1. The summed E-state index contributed by atoms with van der Waals surface area (Å²) in [5, 5.41) is 12.6. The maximum absolute atomic E-state index is 12.5. The van der Waals surface area contributed by atoms with Crippen molar-refractivity contribution in [2.75, 3.05) is 18.4 Å². The van der Waals surface area contributed by atoms with Crippen LogP contribution in [0.2, 0.25) is 0 Å². The van der Waals surface area contributed by atoms with E-state index in [9.17, 15) is 9.59 Å². The molecule has 3 rings (SSSR count). The molecule has 150 valence electrons. The van der Waals surface area contributed by atoms with Gasteiger partial charge in [-0.05, 0) is 24.8 Å². The molecule has 0 aliphatic carbocycles. The summed E-state index contributed by atoms with van der Waals surface area (Å²) < 4.78 is 0. The maximum Gasteiger partial charge on any atom is 0.229 e. The second-order valence-corrected chi connectivity index (χ2v) is 9.27. The number of aryl methyl sites for hydroxylation is 1. The maximum atomic E-state index is 12.5. The highest BCUT2D eigenvalue weighted by molar-refractivity contribution is 7.15. The molecular weight excluding hydrogens is 372 g/mol. The molecule has 0 atom stereocenters. The van der Waals surface area contributed by atoms with Crippen LogP contribution in [0.1, 0.15) is 50.6 Å². The Morgan fingerprint density at radius 3 is 2.43 bits per heavy atom. The van der Waals surface area contributed by atoms with Crippen LogP contribution in [0.4, 0.5) is 5.13 Å². The van der Waals surface area contributed by atoms with Crippen molar-refractivity contribution in [2.45, 2.75) is 51.9 Å². The largest absolute Gasteiger partial charge is 0.343 e. The third-order valence-electron chi connectivity index (χ3n) is 4.99. The van der Waals surface area contributed by atoms with Crippen LogP contribution in [0.25, 0.3) is 0 Å². The number of carbonyl (C=O) groups excluding carboxylic acids is 2. The SMILES string of the molecule is CC(C)(C)c1nnc(NC(=O)C2CCN(C(=O)CCc3ccccc3)CC2)s1. The fourth-order valence-corrected chi connectivity index (χ4v) is 4.03. The Hall–Kier alpha value is -2.28. The van der Waals surface area contributed by atoms with E-state index in [2.05, 4.69) is 36.3 Å². The van der Waals surface area contributed by atoms with Crippen LogP contribution in [0, 0.1) is 5.92 Å². The van der Waals surface area contributed by atoms with Crippen molar-refractivity contribution in [1.82, 2.24) is 15.1 Å². The van der Waals surface area contributed by atoms with Gasteiger partial charge in [0.1, 0.15) is 5.01 Å². The van der Waals surface area contributed by atoms with Crippen molar-refractivity contribution in [3.8, 4) is 0 Å². The number of carbonyl (C=O) groups is 2. The van der Waals surface area contributed by atoms with Crippen LogP contribution < -0.4 is 5.32 Å². The van der Waals surface area contributed by atoms with Gasteiger partial charge in [0.2, 0.25) is 16.9 Å².